The van der Waals surface area contributed by atoms with Crippen LogP contribution in [0.15, 0.2) is 18.2 Å². The van der Waals surface area contributed by atoms with E-state index < -0.39 is 0 Å². The SMILES string of the molecule is Cc1cc(C(=N)N)ccc1N1CCCCC1CCO. The van der Waals surface area contributed by atoms with Gasteiger partial charge in [-0.15, -0.1) is 0 Å². The summed E-state index contributed by atoms with van der Waals surface area (Å²) in [4.78, 5) is 2.40. The van der Waals surface area contributed by atoms with Crippen molar-refractivity contribution >= 4 is 11.5 Å². The molecule has 0 aliphatic carbocycles. The summed E-state index contributed by atoms with van der Waals surface area (Å²) in [5.74, 6) is 0.111. The van der Waals surface area contributed by atoms with Gasteiger partial charge in [0, 0.05) is 30.4 Å². The van der Waals surface area contributed by atoms with Gasteiger partial charge in [0.2, 0.25) is 0 Å². The number of aliphatic hydroxyl groups excluding tert-OH is 1. The van der Waals surface area contributed by atoms with Gasteiger partial charge in [0.1, 0.15) is 5.84 Å². The maximum Gasteiger partial charge on any atom is 0.122 e. The summed E-state index contributed by atoms with van der Waals surface area (Å²) >= 11 is 0. The van der Waals surface area contributed by atoms with Crippen LogP contribution < -0.4 is 10.6 Å². The fourth-order valence-corrected chi connectivity index (χ4v) is 2.91. The van der Waals surface area contributed by atoms with Crippen LogP contribution in [0.1, 0.15) is 36.8 Å². The average molecular weight is 261 g/mol. The summed E-state index contributed by atoms with van der Waals surface area (Å²) in [6.45, 7) is 3.35. The van der Waals surface area contributed by atoms with Crippen molar-refractivity contribution in [2.45, 2.75) is 38.6 Å². The zero-order valence-electron chi connectivity index (χ0n) is 11.5. The number of aryl methyl sites for hydroxylation is 1. The molecule has 0 amide bonds. The summed E-state index contributed by atoms with van der Waals surface area (Å²) in [6.07, 6.45) is 4.42. The summed E-state index contributed by atoms with van der Waals surface area (Å²) in [6, 6.07) is 6.37. The highest BCUT2D eigenvalue weighted by Crippen LogP contribution is 2.29. The maximum atomic E-state index is 9.20. The van der Waals surface area contributed by atoms with E-state index in [-0.39, 0.29) is 12.4 Å². The first kappa shape index (κ1) is 13.9. The van der Waals surface area contributed by atoms with Crippen LogP contribution in [0.5, 0.6) is 0 Å². The van der Waals surface area contributed by atoms with Crippen LogP contribution in [0.25, 0.3) is 0 Å². The molecule has 4 N–H and O–H groups in total. The molecule has 2 rings (SSSR count). The third kappa shape index (κ3) is 3.07. The Morgan fingerprint density at radius 3 is 2.89 bits per heavy atom. The van der Waals surface area contributed by atoms with E-state index in [9.17, 15) is 5.11 Å². The number of benzene rings is 1. The molecule has 1 fully saturated rings. The van der Waals surface area contributed by atoms with Crippen molar-refractivity contribution in [3.05, 3.63) is 29.3 Å². The average Bonchev–Trinajstić information content (AvgIpc) is 2.40. The smallest absolute Gasteiger partial charge is 0.122 e. The maximum absolute atomic E-state index is 9.20. The molecule has 1 aliphatic heterocycles. The molecule has 1 unspecified atom stereocenters. The number of nitrogens with one attached hydrogen (secondary N) is 1. The predicted molar refractivity (Wildman–Crippen MR) is 78.9 cm³/mol. The van der Waals surface area contributed by atoms with Gasteiger partial charge in [-0.1, -0.05) is 0 Å². The number of nitrogens with zero attached hydrogens (tertiary/aromatic N) is 1. The number of amidine groups is 1. The number of hydrogen-bond acceptors (Lipinski definition) is 3. The van der Waals surface area contributed by atoms with Gasteiger partial charge in [-0.25, -0.2) is 0 Å². The summed E-state index contributed by atoms with van der Waals surface area (Å²) in [5.41, 5.74) is 8.66. The Bertz CT molecular complexity index is 457. The van der Waals surface area contributed by atoms with E-state index in [0.29, 0.717) is 6.04 Å². The Morgan fingerprint density at radius 1 is 1.47 bits per heavy atom. The van der Waals surface area contributed by atoms with Crippen molar-refractivity contribution in [3.8, 4) is 0 Å². The van der Waals surface area contributed by atoms with E-state index in [1.165, 1.54) is 18.5 Å². The number of nitrogens with two attached hydrogens (primary N) is 1. The minimum Gasteiger partial charge on any atom is -0.396 e. The van der Waals surface area contributed by atoms with Crippen molar-refractivity contribution < 1.29 is 5.11 Å². The van der Waals surface area contributed by atoms with E-state index in [2.05, 4.69) is 17.9 Å². The fraction of sp³-hybridized carbons (Fsp3) is 0.533. The zero-order valence-corrected chi connectivity index (χ0v) is 11.5. The molecule has 0 spiro atoms. The van der Waals surface area contributed by atoms with Gasteiger partial charge in [-0.3, -0.25) is 5.41 Å². The van der Waals surface area contributed by atoms with E-state index in [1.807, 2.05) is 12.1 Å². The predicted octanol–water partition coefficient (Wildman–Crippen LogP) is 2.02. The van der Waals surface area contributed by atoms with E-state index in [1.54, 1.807) is 0 Å². The third-order valence-electron chi connectivity index (χ3n) is 3.91. The van der Waals surface area contributed by atoms with Gasteiger partial charge in [-0.05, 0) is 56.4 Å². The van der Waals surface area contributed by atoms with Gasteiger partial charge >= 0.3 is 0 Å². The highest BCUT2D eigenvalue weighted by atomic mass is 16.3. The molecule has 1 aliphatic rings. The summed E-state index contributed by atoms with van der Waals surface area (Å²) in [7, 11) is 0. The fourth-order valence-electron chi connectivity index (χ4n) is 2.91. The Morgan fingerprint density at radius 2 is 2.26 bits per heavy atom. The van der Waals surface area contributed by atoms with E-state index >= 15 is 0 Å². The molecule has 4 nitrogen and oxygen atoms in total. The van der Waals surface area contributed by atoms with Gasteiger partial charge in [0.15, 0.2) is 0 Å². The standard InChI is InChI=1S/C15H23N3O/c1-11-10-12(15(16)17)5-6-14(11)18-8-3-2-4-13(18)7-9-19/h5-6,10,13,19H,2-4,7-9H2,1H3,(H3,16,17). The molecular formula is C15H23N3O. The lowest BCUT2D eigenvalue weighted by molar-refractivity contribution is 0.262. The van der Waals surface area contributed by atoms with Crippen molar-refractivity contribution in [1.82, 2.24) is 0 Å². The second kappa shape index (κ2) is 6.06. The lowest BCUT2D eigenvalue weighted by atomic mass is 9.97. The van der Waals surface area contributed by atoms with Crippen LogP contribution in [0.3, 0.4) is 0 Å². The second-order valence-corrected chi connectivity index (χ2v) is 5.27. The molecule has 19 heavy (non-hydrogen) atoms. The molecule has 0 bridgehead atoms. The van der Waals surface area contributed by atoms with Crippen molar-refractivity contribution in [2.75, 3.05) is 18.1 Å². The minimum atomic E-state index is 0.111. The van der Waals surface area contributed by atoms with Crippen molar-refractivity contribution in [2.24, 2.45) is 5.73 Å². The number of hydrogen-bond donors (Lipinski definition) is 3. The van der Waals surface area contributed by atoms with E-state index in [4.69, 9.17) is 11.1 Å². The molecule has 1 atom stereocenters. The zero-order chi connectivity index (χ0) is 13.8. The highest BCUT2D eigenvalue weighted by molar-refractivity contribution is 5.95. The van der Waals surface area contributed by atoms with Gasteiger partial charge in [0.05, 0.1) is 0 Å². The van der Waals surface area contributed by atoms with Gasteiger partial charge in [-0.2, -0.15) is 0 Å². The molecule has 0 aromatic heterocycles. The Hall–Kier alpha value is -1.55. The largest absolute Gasteiger partial charge is 0.396 e. The topological polar surface area (TPSA) is 73.3 Å². The van der Waals surface area contributed by atoms with Crippen molar-refractivity contribution in [1.29, 1.82) is 5.41 Å². The first-order valence-corrected chi connectivity index (χ1v) is 6.96. The number of anilines is 1. The summed E-state index contributed by atoms with van der Waals surface area (Å²) in [5, 5.41) is 16.7. The van der Waals surface area contributed by atoms with Crippen molar-refractivity contribution in [3.63, 3.8) is 0 Å². The Balaban J connectivity index is 2.26. The first-order valence-electron chi connectivity index (χ1n) is 6.96. The van der Waals surface area contributed by atoms with Crippen LogP contribution in [0.4, 0.5) is 5.69 Å². The van der Waals surface area contributed by atoms with Gasteiger partial charge in [0.25, 0.3) is 0 Å². The molecular weight excluding hydrogens is 238 g/mol. The lowest BCUT2D eigenvalue weighted by Gasteiger charge is -2.38. The van der Waals surface area contributed by atoms with Crippen LogP contribution in [-0.2, 0) is 0 Å². The third-order valence-corrected chi connectivity index (χ3v) is 3.91. The molecule has 1 heterocycles. The normalized spacial score (nSPS) is 19.5. The summed E-state index contributed by atoms with van der Waals surface area (Å²) < 4.78 is 0. The highest BCUT2D eigenvalue weighted by Gasteiger charge is 2.23. The first-order chi connectivity index (χ1) is 9.13. The Kier molecular flexibility index (Phi) is 4.43. The molecule has 1 saturated heterocycles. The quantitative estimate of drug-likeness (QED) is 0.573. The number of aliphatic hydroxyl groups is 1. The second-order valence-electron chi connectivity index (χ2n) is 5.27. The van der Waals surface area contributed by atoms with Crippen LogP contribution in [0.2, 0.25) is 0 Å². The molecule has 104 valence electrons. The monoisotopic (exact) mass is 261 g/mol. The van der Waals surface area contributed by atoms with E-state index in [0.717, 1.165) is 30.5 Å². The van der Waals surface area contributed by atoms with Crippen LogP contribution in [-0.4, -0.2) is 30.1 Å². The lowest BCUT2D eigenvalue weighted by Crippen LogP contribution is -2.40. The van der Waals surface area contributed by atoms with Crippen LogP contribution >= 0.6 is 0 Å². The molecule has 0 radical (unpaired) electrons. The Labute approximate surface area is 114 Å². The number of nitrogen functional groups attached to an aromatic ring is 1. The minimum absolute atomic E-state index is 0.111. The van der Waals surface area contributed by atoms with Crippen LogP contribution in [0, 0.1) is 12.3 Å². The van der Waals surface area contributed by atoms with Gasteiger partial charge < -0.3 is 15.7 Å². The molecule has 0 saturated carbocycles. The molecule has 4 heteroatoms. The number of piperidine rings is 1. The molecule has 1 aromatic carbocycles. The molecule has 1 aromatic rings. The number of rotatable bonds is 4.